The van der Waals surface area contributed by atoms with Crippen LogP contribution in [0.4, 0.5) is 4.39 Å². The van der Waals surface area contributed by atoms with Crippen molar-refractivity contribution >= 4 is 10.9 Å². The molecule has 5 heteroatoms. The van der Waals surface area contributed by atoms with Gasteiger partial charge in [0, 0.05) is 6.54 Å². The highest BCUT2D eigenvalue weighted by Gasteiger charge is 2.18. The normalized spacial score (nSPS) is 20.6. The van der Waals surface area contributed by atoms with E-state index in [1.807, 2.05) is 0 Å². The first-order valence-corrected chi connectivity index (χ1v) is 5.84. The smallest absolute Gasteiger partial charge is 0.243 e. The van der Waals surface area contributed by atoms with Gasteiger partial charge in [0.2, 0.25) is 5.88 Å². The fourth-order valence-electron chi connectivity index (χ4n) is 2.17. The van der Waals surface area contributed by atoms with Gasteiger partial charge in [0.25, 0.3) is 0 Å². The van der Waals surface area contributed by atoms with E-state index in [9.17, 15) is 4.39 Å². The van der Waals surface area contributed by atoms with Crippen LogP contribution in [0.15, 0.2) is 18.2 Å². The summed E-state index contributed by atoms with van der Waals surface area (Å²) in [6.07, 6.45) is 2.14. The Hall–Kier alpha value is -1.62. The first-order chi connectivity index (χ1) is 8.34. The molecule has 2 aromatic rings. The second-order valence-electron chi connectivity index (χ2n) is 4.28. The molecule has 2 N–H and O–H groups in total. The molecule has 0 spiro atoms. The zero-order chi connectivity index (χ0) is 11.7. The molecule has 1 fully saturated rings. The number of hydrogen-bond donors (Lipinski definition) is 2. The lowest BCUT2D eigenvalue weighted by Crippen LogP contribution is -2.37. The van der Waals surface area contributed by atoms with Gasteiger partial charge in [-0.2, -0.15) is 0 Å². The van der Waals surface area contributed by atoms with E-state index in [-0.39, 0.29) is 11.9 Å². The van der Waals surface area contributed by atoms with Crippen LogP contribution in [0.25, 0.3) is 10.9 Å². The van der Waals surface area contributed by atoms with Gasteiger partial charge in [0.15, 0.2) is 0 Å². The molecule has 1 atom stereocenters. The molecule has 2 heterocycles. The monoisotopic (exact) mass is 235 g/mol. The van der Waals surface area contributed by atoms with Gasteiger partial charge < -0.3 is 10.1 Å². The largest absolute Gasteiger partial charge is 0.471 e. The number of fused-ring (bicyclic) bond motifs is 1. The van der Waals surface area contributed by atoms with Crippen molar-refractivity contribution < 1.29 is 9.13 Å². The van der Waals surface area contributed by atoms with Crippen LogP contribution in [0.1, 0.15) is 12.8 Å². The van der Waals surface area contributed by atoms with E-state index < -0.39 is 0 Å². The number of piperidine rings is 1. The van der Waals surface area contributed by atoms with Gasteiger partial charge in [-0.25, -0.2) is 4.39 Å². The van der Waals surface area contributed by atoms with Crippen LogP contribution in [0.3, 0.4) is 0 Å². The van der Waals surface area contributed by atoms with Crippen molar-refractivity contribution in [1.29, 1.82) is 0 Å². The third-order valence-electron chi connectivity index (χ3n) is 3.04. The van der Waals surface area contributed by atoms with E-state index in [0.29, 0.717) is 16.8 Å². The number of hydrogen-bond acceptors (Lipinski definition) is 3. The molecule has 0 saturated carbocycles. The minimum absolute atomic E-state index is 0.0786. The summed E-state index contributed by atoms with van der Waals surface area (Å²) in [7, 11) is 0. The lowest BCUT2D eigenvalue weighted by Gasteiger charge is -2.22. The zero-order valence-electron chi connectivity index (χ0n) is 9.37. The highest BCUT2D eigenvalue weighted by molar-refractivity contribution is 5.84. The van der Waals surface area contributed by atoms with Crippen LogP contribution in [0.2, 0.25) is 0 Å². The Labute approximate surface area is 98.2 Å². The third-order valence-corrected chi connectivity index (χ3v) is 3.04. The molecular weight excluding hydrogens is 221 g/mol. The summed E-state index contributed by atoms with van der Waals surface area (Å²) in [5.74, 6) is 0.0711. The van der Waals surface area contributed by atoms with Crippen molar-refractivity contribution in [2.24, 2.45) is 0 Å². The number of aromatic nitrogens is 2. The van der Waals surface area contributed by atoms with E-state index in [1.54, 1.807) is 12.1 Å². The van der Waals surface area contributed by atoms with Gasteiger partial charge in [-0.3, -0.25) is 5.10 Å². The second kappa shape index (κ2) is 4.33. The SMILES string of the molecule is Fc1cccc2[nH]nc(OC3CCCNC3)c12. The lowest BCUT2D eigenvalue weighted by atomic mass is 10.1. The van der Waals surface area contributed by atoms with Crippen molar-refractivity contribution in [1.82, 2.24) is 15.5 Å². The van der Waals surface area contributed by atoms with Crippen molar-refractivity contribution in [3.05, 3.63) is 24.0 Å². The van der Waals surface area contributed by atoms with Gasteiger partial charge in [-0.1, -0.05) is 6.07 Å². The molecule has 0 radical (unpaired) electrons. The molecule has 1 aromatic heterocycles. The Morgan fingerprint density at radius 3 is 3.18 bits per heavy atom. The second-order valence-corrected chi connectivity index (χ2v) is 4.28. The molecule has 0 bridgehead atoms. The summed E-state index contributed by atoms with van der Waals surface area (Å²) in [5, 5.41) is 10.5. The molecule has 1 aromatic carbocycles. The topological polar surface area (TPSA) is 49.9 Å². The predicted octanol–water partition coefficient (Wildman–Crippen LogP) is 1.83. The molecular formula is C12H14FN3O. The van der Waals surface area contributed by atoms with Crippen molar-refractivity contribution in [2.45, 2.75) is 18.9 Å². The molecule has 1 aliphatic heterocycles. The number of halogens is 1. The summed E-state index contributed by atoms with van der Waals surface area (Å²) in [5.41, 5.74) is 0.670. The fraction of sp³-hybridized carbons (Fsp3) is 0.417. The van der Waals surface area contributed by atoms with E-state index in [1.165, 1.54) is 6.07 Å². The zero-order valence-corrected chi connectivity index (χ0v) is 9.37. The Morgan fingerprint density at radius 2 is 2.35 bits per heavy atom. The van der Waals surface area contributed by atoms with Crippen molar-refractivity contribution in [3.63, 3.8) is 0 Å². The number of nitrogens with zero attached hydrogens (tertiary/aromatic N) is 1. The van der Waals surface area contributed by atoms with Gasteiger partial charge >= 0.3 is 0 Å². The number of aromatic amines is 1. The lowest BCUT2D eigenvalue weighted by molar-refractivity contribution is 0.162. The van der Waals surface area contributed by atoms with Gasteiger partial charge in [0.1, 0.15) is 11.9 Å². The number of rotatable bonds is 2. The van der Waals surface area contributed by atoms with E-state index in [0.717, 1.165) is 25.9 Å². The number of benzene rings is 1. The standard InChI is InChI=1S/C12H14FN3O/c13-9-4-1-5-10-11(9)12(16-15-10)17-8-3-2-6-14-7-8/h1,4-5,8,14H,2-3,6-7H2,(H,15,16). The average Bonchev–Trinajstić information content (AvgIpc) is 2.75. The van der Waals surface area contributed by atoms with Crippen LogP contribution in [-0.2, 0) is 0 Å². The summed E-state index contributed by atoms with van der Waals surface area (Å²) in [6, 6.07) is 4.86. The molecule has 3 rings (SSSR count). The highest BCUT2D eigenvalue weighted by Crippen LogP contribution is 2.26. The molecule has 0 aliphatic carbocycles. The summed E-state index contributed by atoms with van der Waals surface area (Å²) >= 11 is 0. The molecule has 1 aliphatic rings. The first-order valence-electron chi connectivity index (χ1n) is 5.84. The summed E-state index contributed by atoms with van der Waals surface area (Å²) in [6.45, 7) is 1.82. The van der Waals surface area contributed by atoms with Crippen LogP contribution in [0, 0.1) is 5.82 Å². The quantitative estimate of drug-likeness (QED) is 0.835. The van der Waals surface area contributed by atoms with Gasteiger partial charge in [-0.05, 0) is 31.5 Å². The molecule has 4 nitrogen and oxygen atoms in total. The number of nitrogens with one attached hydrogen (secondary N) is 2. The van der Waals surface area contributed by atoms with E-state index >= 15 is 0 Å². The molecule has 1 unspecified atom stereocenters. The maximum absolute atomic E-state index is 13.7. The van der Waals surface area contributed by atoms with E-state index in [4.69, 9.17) is 4.74 Å². The first kappa shape index (κ1) is 10.5. The molecule has 0 amide bonds. The van der Waals surface area contributed by atoms with Gasteiger partial charge in [-0.15, -0.1) is 5.10 Å². The summed E-state index contributed by atoms with van der Waals surface area (Å²) in [4.78, 5) is 0. The van der Waals surface area contributed by atoms with E-state index in [2.05, 4.69) is 15.5 Å². The van der Waals surface area contributed by atoms with Crippen LogP contribution >= 0.6 is 0 Å². The molecule has 17 heavy (non-hydrogen) atoms. The highest BCUT2D eigenvalue weighted by atomic mass is 19.1. The van der Waals surface area contributed by atoms with Gasteiger partial charge in [0.05, 0.1) is 10.9 Å². The Bertz CT molecular complexity index is 519. The maximum Gasteiger partial charge on any atom is 0.243 e. The minimum Gasteiger partial charge on any atom is -0.471 e. The predicted molar refractivity (Wildman–Crippen MR) is 62.6 cm³/mol. The number of ether oxygens (including phenoxy) is 1. The van der Waals surface area contributed by atoms with Crippen LogP contribution in [0.5, 0.6) is 5.88 Å². The summed E-state index contributed by atoms with van der Waals surface area (Å²) < 4.78 is 19.4. The maximum atomic E-state index is 13.7. The Morgan fingerprint density at radius 1 is 1.41 bits per heavy atom. The van der Waals surface area contributed by atoms with Crippen LogP contribution in [-0.4, -0.2) is 29.4 Å². The minimum atomic E-state index is -0.296. The molecule has 1 saturated heterocycles. The third kappa shape index (κ3) is 1.98. The average molecular weight is 235 g/mol. The Kier molecular flexibility index (Phi) is 2.68. The van der Waals surface area contributed by atoms with Crippen molar-refractivity contribution in [3.8, 4) is 5.88 Å². The number of H-pyrrole nitrogens is 1. The fourth-order valence-corrected chi connectivity index (χ4v) is 2.17. The van der Waals surface area contributed by atoms with Crippen LogP contribution < -0.4 is 10.1 Å². The Balaban J connectivity index is 1.89. The molecule has 90 valence electrons. The van der Waals surface area contributed by atoms with Crippen molar-refractivity contribution in [2.75, 3.05) is 13.1 Å².